The van der Waals surface area contributed by atoms with Crippen LogP contribution in [0.15, 0.2) is 102 Å². The Hall–Kier alpha value is -4.48. The van der Waals surface area contributed by atoms with Gasteiger partial charge in [-0.05, 0) is 64.6 Å². The second-order valence-corrected chi connectivity index (χ2v) is 13.3. The molecule has 0 aromatic heterocycles. The predicted molar refractivity (Wildman–Crippen MR) is 190 cm³/mol. The molecule has 0 bridgehead atoms. The number of thioether (sulfide) groups is 1. The van der Waals surface area contributed by atoms with Crippen LogP contribution < -0.4 is 10.6 Å². The molecule has 1 fully saturated rings. The van der Waals surface area contributed by atoms with E-state index in [1.807, 2.05) is 97.1 Å². The number of nitrogens with one attached hydrogen (secondary N) is 2. The van der Waals surface area contributed by atoms with Gasteiger partial charge in [0.25, 0.3) is 0 Å². The van der Waals surface area contributed by atoms with Crippen molar-refractivity contribution in [2.24, 2.45) is 5.92 Å². The molecule has 1 saturated heterocycles. The van der Waals surface area contributed by atoms with E-state index in [1.165, 1.54) is 6.92 Å². The van der Waals surface area contributed by atoms with Gasteiger partial charge in [-0.25, -0.2) is 0 Å². The van der Waals surface area contributed by atoms with Crippen LogP contribution in [0.1, 0.15) is 67.8 Å². The lowest BCUT2D eigenvalue weighted by molar-refractivity contribution is -0.268. The summed E-state index contributed by atoms with van der Waals surface area (Å²) in [6.07, 6.45) is -0.482. The third-order valence-electron chi connectivity index (χ3n) is 8.44. The lowest BCUT2D eigenvalue weighted by Gasteiger charge is -2.41. The maximum Gasteiger partial charge on any atom is 0.303 e. The molecule has 4 atom stereocenters. The molecular weight excluding hydrogens is 641 g/mol. The van der Waals surface area contributed by atoms with Crippen molar-refractivity contribution in [2.75, 3.05) is 11.1 Å². The van der Waals surface area contributed by atoms with E-state index in [1.54, 1.807) is 11.8 Å². The third-order valence-corrected chi connectivity index (χ3v) is 9.54. The molecule has 49 heavy (non-hydrogen) atoms. The average Bonchev–Trinajstić information content (AvgIpc) is 3.11. The molecule has 5 rings (SSSR count). The molecule has 0 saturated carbocycles. The molecule has 0 aliphatic carbocycles. The minimum absolute atomic E-state index is 0.0222. The lowest BCUT2D eigenvalue weighted by Crippen LogP contribution is -2.38. The number of carbonyl (C=O) groups is 3. The molecule has 0 spiro atoms. The molecule has 1 aliphatic heterocycles. The van der Waals surface area contributed by atoms with E-state index in [0.717, 1.165) is 44.0 Å². The number of rotatable bonds is 14. The van der Waals surface area contributed by atoms with Gasteiger partial charge in [0.2, 0.25) is 11.8 Å². The fourth-order valence-corrected chi connectivity index (χ4v) is 6.78. The topological polar surface area (TPSA) is 134 Å². The first-order valence-corrected chi connectivity index (χ1v) is 17.4. The molecule has 1 heterocycles. The van der Waals surface area contributed by atoms with Gasteiger partial charge >= 0.3 is 5.97 Å². The number of aliphatic carboxylic acids is 1. The van der Waals surface area contributed by atoms with Crippen LogP contribution in [0.25, 0.3) is 11.1 Å². The average molecular weight is 683 g/mol. The molecule has 10 heteroatoms. The van der Waals surface area contributed by atoms with Crippen molar-refractivity contribution < 1.29 is 34.1 Å². The SMILES string of the molecule is CC(=O)Nc1ccc(SC[C@H]2O[C@@H](c3ccc(-c4cccc(CNC(=O)CCCC(=O)O)c4)cc3)O[C@@H](c3ccc(CO)cc3)[C@H]2C)cc1. The maximum absolute atomic E-state index is 12.1. The van der Waals surface area contributed by atoms with Gasteiger partial charge in [-0.1, -0.05) is 73.7 Å². The highest BCUT2D eigenvalue weighted by atomic mass is 32.2. The Bertz CT molecular complexity index is 1710. The van der Waals surface area contributed by atoms with Gasteiger partial charge in [-0.3, -0.25) is 14.4 Å². The number of anilines is 1. The van der Waals surface area contributed by atoms with Crippen molar-refractivity contribution in [1.29, 1.82) is 0 Å². The summed E-state index contributed by atoms with van der Waals surface area (Å²) in [5, 5.41) is 24.0. The number of benzene rings is 4. The molecule has 0 unspecified atom stereocenters. The lowest BCUT2D eigenvalue weighted by atomic mass is 9.91. The number of ether oxygens (including phenoxy) is 2. The normalized spacial score (nSPS) is 18.8. The second-order valence-electron chi connectivity index (χ2n) is 12.2. The van der Waals surface area contributed by atoms with Gasteiger partial charge in [0.15, 0.2) is 6.29 Å². The fourth-order valence-electron chi connectivity index (χ4n) is 5.71. The Labute approximate surface area is 291 Å². The number of carbonyl (C=O) groups excluding carboxylic acids is 2. The number of amides is 2. The number of hydrogen-bond donors (Lipinski definition) is 4. The molecule has 1 aliphatic rings. The Morgan fingerprint density at radius 2 is 1.53 bits per heavy atom. The van der Waals surface area contributed by atoms with E-state index >= 15 is 0 Å². The molecule has 2 amide bonds. The standard InChI is InChI=1S/C39H42N2O7S/c1-25-35(24-49-34-19-17-33(18-20-34)41-26(2)43)47-39(48-38(25)30-11-9-27(23-42)10-12-30)31-15-13-29(14-16-31)32-6-3-5-28(21-32)22-40-36(44)7-4-8-37(45)46/h3,5-6,9-21,25,35,38-39,42H,4,7-8,22-24H2,1-2H3,(H,40,44)(H,41,43)(H,45,46)/t25-,35+,38+,39+/m0/s1. The highest BCUT2D eigenvalue weighted by molar-refractivity contribution is 7.99. The van der Waals surface area contributed by atoms with Crippen LogP contribution in [-0.4, -0.2) is 39.9 Å². The zero-order valence-corrected chi connectivity index (χ0v) is 28.5. The quantitative estimate of drug-likeness (QED) is 0.102. The first kappa shape index (κ1) is 35.8. The first-order chi connectivity index (χ1) is 23.7. The zero-order chi connectivity index (χ0) is 34.8. The van der Waals surface area contributed by atoms with Crippen molar-refractivity contribution in [3.05, 3.63) is 119 Å². The number of carboxylic acid groups (broad SMARTS) is 1. The summed E-state index contributed by atoms with van der Waals surface area (Å²) in [5.74, 6) is -0.437. The van der Waals surface area contributed by atoms with Crippen LogP contribution in [0.2, 0.25) is 0 Å². The Morgan fingerprint density at radius 3 is 2.20 bits per heavy atom. The Morgan fingerprint density at radius 1 is 0.816 bits per heavy atom. The summed E-state index contributed by atoms with van der Waals surface area (Å²) < 4.78 is 13.3. The van der Waals surface area contributed by atoms with Gasteiger partial charge in [0.1, 0.15) is 0 Å². The summed E-state index contributed by atoms with van der Waals surface area (Å²) in [5.41, 5.74) is 6.47. The summed E-state index contributed by atoms with van der Waals surface area (Å²) in [7, 11) is 0. The van der Waals surface area contributed by atoms with E-state index in [9.17, 15) is 19.5 Å². The molecule has 4 aromatic rings. The van der Waals surface area contributed by atoms with Crippen molar-refractivity contribution in [3.8, 4) is 11.1 Å². The van der Waals surface area contributed by atoms with E-state index < -0.39 is 12.3 Å². The molecular formula is C39H42N2O7S. The van der Waals surface area contributed by atoms with E-state index in [-0.39, 0.29) is 49.4 Å². The zero-order valence-electron chi connectivity index (χ0n) is 27.6. The van der Waals surface area contributed by atoms with Crippen molar-refractivity contribution in [3.63, 3.8) is 0 Å². The summed E-state index contributed by atoms with van der Waals surface area (Å²) >= 11 is 1.69. The van der Waals surface area contributed by atoms with Gasteiger partial charge in [-0.15, -0.1) is 11.8 Å². The predicted octanol–water partition coefficient (Wildman–Crippen LogP) is 7.26. The highest BCUT2D eigenvalue weighted by Gasteiger charge is 2.38. The summed E-state index contributed by atoms with van der Waals surface area (Å²) in [4.78, 5) is 35.3. The minimum Gasteiger partial charge on any atom is -0.481 e. The number of aliphatic hydroxyl groups excluding tert-OH is 1. The Kier molecular flexibility index (Phi) is 12.6. The van der Waals surface area contributed by atoms with Crippen molar-refractivity contribution >= 4 is 35.2 Å². The van der Waals surface area contributed by atoms with Crippen LogP contribution in [0.4, 0.5) is 5.69 Å². The van der Waals surface area contributed by atoms with Gasteiger partial charge in [0, 0.05) is 54.1 Å². The van der Waals surface area contributed by atoms with Crippen LogP contribution in [0, 0.1) is 5.92 Å². The van der Waals surface area contributed by atoms with Gasteiger partial charge < -0.3 is 30.3 Å². The van der Waals surface area contributed by atoms with Gasteiger partial charge in [0.05, 0.1) is 18.8 Å². The van der Waals surface area contributed by atoms with Crippen LogP contribution in [0.5, 0.6) is 0 Å². The highest BCUT2D eigenvalue weighted by Crippen LogP contribution is 2.43. The van der Waals surface area contributed by atoms with Crippen LogP contribution in [0.3, 0.4) is 0 Å². The van der Waals surface area contributed by atoms with E-state index in [4.69, 9.17) is 14.6 Å². The summed E-state index contributed by atoms with van der Waals surface area (Å²) in [6, 6.07) is 31.7. The van der Waals surface area contributed by atoms with Crippen LogP contribution in [-0.2, 0) is 37.0 Å². The van der Waals surface area contributed by atoms with Crippen molar-refractivity contribution in [2.45, 2.75) is 69.7 Å². The third kappa shape index (κ3) is 10.3. The number of aliphatic hydroxyl groups is 1. The maximum atomic E-state index is 12.1. The fraction of sp³-hybridized carbons (Fsp3) is 0.308. The molecule has 9 nitrogen and oxygen atoms in total. The largest absolute Gasteiger partial charge is 0.481 e. The molecule has 4 aromatic carbocycles. The van der Waals surface area contributed by atoms with Gasteiger partial charge in [-0.2, -0.15) is 0 Å². The summed E-state index contributed by atoms with van der Waals surface area (Å²) in [6.45, 7) is 3.97. The number of hydrogen-bond acceptors (Lipinski definition) is 7. The smallest absolute Gasteiger partial charge is 0.303 e. The van der Waals surface area contributed by atoms with Crippen molar-refractivity contribution in [1.82, 2.24) is 5.32 Å². The minimum atomic E-state index is -0.905. The first-order valence-electron chi connectivity index (χ1n) is 16.4. The molecule has 4 N–H and O–H groups in total. The second kappa shape index (κ2) is 17.3. The van der Waals surface area contributed by atoms with E-state index in [2.05, 4.69) is 17.6 Å². The molecule has 0 radical (unpaired) electrons. The van der Waals surface area contributed by atoms with Crippen LogP contribution >= 0.6 is 11.8 Å². The van der Waals surface area contributed by atoms with E-state index in [0.29, 0.717) is 18.7 Å². The monoisotopic (exact) mass is 682 g/mol. The number of carboxylic acids is 1. The molecule has 256 valence electrons. The Balaban J connectivity index is 1.28.